The predicted molar refractivity (Wildman–Crippen MR) is 96.1 cm³/mol. The van der Waals surface area contributed by atoms with E-state index in [0.717, 1.165) is 25.0 Å². The van der Waals surface area contributed by atoms with Crippen molar-refractivity contribution in [3.05, 3.63) is 46.7 Å². The van der Waals surface area contributed by atoms with Gasteiger partial charge in [-0.2, -0.15) is 13.2 Å². The summed E-state index contributed by atoms with van der Waals surface area (Å²) in [5, 5.41) is 2.31. The molecule has 1 fully saturated rings. The molecule has 27 heavy (non-hydrogen) atoms. The lowest BCUT2D eigenvalue weighted by Crippen LogP contribution is -2.38. The van der Waals surface area contributed by atoms with Crippen molar-refractivity contribution in [2.75, 3.05) is 18.4 Å². The maximum absolute atomic E-state index is 12.9. The highest BCUT2D eigenvalue weighted by atomic mass is 35.5. The van der Waals surface area contributed by atoms with Gasteiger partial charge in [-0.15, -0.1) is 0 Å². The monoisotopic (exact) mass is 398 g/mol. The molecular weight excluding hydrogens is 381 g/mol. The van der Waals surface area contributed by atoms with Gasteiger partial charge in [-0.1, -0.05) is 18.5 Å². The Morgan fingerprint density at radius 1 is 1.22 bits per heavy atom. The summed E-state index contributed by atoms with van der Waals surface area (Å²) in [4.78, 5) is 22.3. The Morgan fingerprint density at radius 3 is 2.44 bits per heavy atom. The van der Waals surface area contributed by atoms with Crippen molar-refractivity contribution in [3.8, 4) is 0 Å². The number of piperidine rings is 1. The van der Waals surface area contributed by atoms with Gasteiger partial charge in [-0.25, -0.2) is 9.97 Å². The summed E-state index contributed by atoms with van der Waals surface area (Å²) in [7, 11) is 0. The normalized spacial score (nSPS) is 15.7. The lowest BCUT2D eigenvalue weighted by atomic mass is 9.99. The molecule has 1 amide bonds. The van der Waals surface area contributed by atoms with Crippen LogP contribution in [0.3, 0.4) is 0 Å². The largest absolute Gasteiger partial charge is 0.417 e. The summed E-state index contributed by atoms with van der Waals surface area (Å²) in [5.74, 6) is 0.561. The Hall–Kier alpha value is -2.35. The summed E-state index contributed by atoms with van der Waals surface area (Å²) in [6.45, 7) is 3.56. The molecule has 0 unspecified atom stereocenters. The minimum absolute atomic E-state index is 0.0919. The molecule has 0 aliphatic carbocycles. The van der Waals surface area contributed by atoms with Crippen LogP contribution in [0.4, 0.5) is 24.8 Å². The summed E-state index contributed by atoms with van der Waals surface area (Å²) >= 11 is 5.60. The number of carbonyl (C=O) groups excluding carboxylic acids is 1. The summed E-state index contributed by atoms with van der Waals surface area (Å²) < 4.78 is 38.8. The lowest BCUT2D eigenvalue weighted by Gasteiger charge is -2.30. The fraction of sp³-hybridized carbons (Fsp3) is 0.389. The topological polar surface area (TPSA) is 58.1 Å². The molecular formula is C18H18ClF3N4O. The average molecular weight is 399 g/mol. The third-order valence-electron chi connectivity index (χ3n) is 4.50. The number of anilines is 2. The number of amides is 1. The first kappa shape index (κ1) is 19.4. The number of alkyl halides is 3. The molecule has 1 N–H and O–H groups in total. The number of nitrogens with one attached hydrogen (secondary N) is 1. The number of hydrogen-bond acceptors (Lipinski definition) is 4. The van der Waals surface area contributed by atoms with Crippen LogP contribution in [-0.2, 0) is 6.18 Å². The van der Waals surface area contributed by atoms with Crippen molar-refractivity contribution in [2.45, 2.75) is 25.9 Å². The zero-order chi connectivity index (χ0) is 19.6. The average Bonchev–Trinajstić information content (AvgIpc) is 2.63. The molecule has 1 aliphatic rings. The molecule has 0 atom stereocenters. The number of aromatic nitrogens is 2. The van der Waals surface area contributed by atoms with Gasteiger partial charge in [-0.3, -0.25) is 4.79 Å². The predicted octanol–water partition coefficient (Wildman–Crippen LogP) is 4.76. The molecule has 2 heterocycles. The third kappa shape index (κ3) is 4.68. The quantitative estimate of drug-likeness (QED) is 0.809. The number of carbonyl (C=O) groups is 1. The van der Waals surface area contributed by atoms with Gasteiger partial charge in [0.2, 0.25) is 5.95 Å². The van der Waals surface area contributed by atoms with Gasteiger partial charge in [0.25, 0.3) is 5.91 Å². The van der Waals surface area contributed by atoms with E-state index in [1.807, 2.05) is 0 Å². The van der Waals surface area contributed by atoms with Gasteiger partial charge >= 0.3 is 6.18 Å². The molecule has 5 nitrogen and oxygen atoms in total. The lowest BCUT2D eigenvalue weighted by molar-refractivity contribution is -0.137. The first-order chi connectivity index (χ1) is 12.7. The van der Waals surface area contributed by atoms with Crippen LogP contribution in [0.25, 0.3) is 0 Å². The Bertz CT molecular complexity index is 818. The second-order valence-corrected chi connectivity index (χ2v) is 6.99. The zero-order valence-electron chi connectivity index (χ0n) is 14.6. The van der Waals surface area contributed by atoms with Gasteiger partial charge in [0.05, 0.1) is 16.1 Å². The van der Waals surface area contributed by atoms with E-state index in [-0.39, 0.29) is 22.6 Å². The maximum Gasteiger partial charge on any atom is 0.417 e. The van der Waals surface area contributed by atoms with E-state index in [0.29, 0.717) is 24.6 Å². The summed E-state index contributed by atoms with van der Waals surface area (Å²) in [5.41, 5.74) is -0.446. The molecule has 144 valence electrons. The fourth-order valence-electron chi connectivity index (χ4n) is 2.85. The second kappa shape index (κ2) is 7.72. The van der Waals surface area contributed by atoms with E-state index in [1.165, 1.54) is 18.5 Å². The Labute approximate surface area is 159 Å². The molecule has 0 radical (unpaired) electrons. The number of halogens is 4. The van der Waals surface area contributed by atoms with Crippen LogP contribution >= 0.6 is 11.6 Å². The van der Waals surface area contributed by atoms with Crippen LogP contribution in [0.5, 0.6) is 0 Å². The van der Waals surface area contributed by atoms with Gasteiger partial charge in [0.1, 0.15) is 0 Å². The van der Waals surface area contributed by atoms with Gasteiger partial charge in [0.15, 0.2) is 0 Å². The molecule has 1 saturated heterocycles. The van der Waals surface area contributed by atoms with Gasteiger partial charge < -0.3 is 10.2 Å². The van der Waals surface area contributed by atoms with Crippen molar-refractivity contribution in [1.29, 1.82) is 0 Å². The number of rotatable bonds is 3. The smallest absolute Gasteiger partial charge is 0.339 e. The molecule has 0 bridgehead atoms. The standard InChI is InChI=1S/C18H18ClF3N4O/c1-11-4-6-26(7-5-11)16(27)12-9-23-17(24-10-12)25-13-2-3-15(19)14(8-13)18(20,21)22/h2-3,8-11H,4-7H2,1H3,(H,23,24,25). The van der Waals surface area contributed by atoms with E-state index in [9.17, 15) is 18.0 Å². The SMILES string of the molecule is CC1CCN(C(=O)c2cnc(Nc3ccc(Cl)c(C(F)(F)F)c3)nc2)CC1. The van der Waals surface area contributed by atoms with Crippen molar-refractivity contribution in [3.63, 3.8) is 0 Å². The molecule has 1 aromatic carbocycles. The van der Waals surface area contributed by atoms with Crippen molar-refractivity contribution < 1.29 is 18.0 Å². The molecule has 1 aliphatic heterocycles. The Balaban J connectivity index is 1.70. The van der Waals surface area contributed by atoms with Gasteiger partial charge in [0, 0.05) is 31.2 Å². The molecule has 0 saturated carbocycles. The van der Waals surface area contributed by atoms with E-state index in [4.69, 9.17) is 11.6 Å². The molecule has 2 aromatic rings. The molecule has 1 aromatic heterocycles. The van der Waals surface area contributed by atoms with E-state index >= 15 is 0 Å². The van der Waals surface area contributed by atoms with Crippen molar-refractivity contribution >= 4 is 29.1 Å². The van der Waals surface area contributed by atoms with Crippen LogP contribution in [0.15, 0.2) is 30.6 Å². The van der Waals surface area contributed by atoms with Crippen LogP contribution in [0.1, 0.15) is 35.7 Å². The zero-order valence-corrected chi connectivity index (χ0v) is 15.3. The van der Waals surface area contributed by atoms with E-state index < -0.39 is 11.7 Å². The van der Waals surface area contributed by atoms with Gasteiger partial charge in [-0.05, 0) is 37.0 Å². The minimum atomic E-state index is -4.56. The number of likely N-dealkylation sites (tertiary alicyclic amines) is 1. The van der Waals surface area contributed by atoms with E-state index in [1.54, 1.807) is 4.90 Å². The number of hydrogen-bond donors (Lipinski definition) is 1. The van der Waals surface area contributed by atoms with Crippen LogP contribution in [-0.4, -0.2) is 33.9 Å². The molecule has 0 spiro atoms. The van der Waals surface area contributed by atoms with E-state index in [2.05, 4.69) is 22.2 Å². The molecule has 3 rings (SSSR count). The summed E-state index contributed by atoms with van der Waals surface area (Å²) in [6, 6.07) is 3.44. The Morgan fingerprint density at radius 2 is 1.85 bits per heavy atom. The van der Waals surface area contributed by atoms with Crippen LogP contribution < -0.4 is 5.32 Å². The molecule has 9 heteroatoms. The third-order valence-corrected chi connectivity index (χ3v) is 4.83. The van der Waals surface area contributed by atoms with Crippen molar-refractivity contribution in [2.24, 2.45) is 5.92 Å². The first-order valence-electron chi connectivity index (χ1n) is 8.49. The highest BCUT2D eigenvalue weighted by Gasteiger charge is 2.33. The highest BCUT2D eigenvalue weighted by Crippen LogP contribution is 2.36. The van der Waals surface area contributed by atoms with Crippen LogP contribution in [0.2, 0.25) is 5.02 Å². The van der Waals surface area contributed by atoms with Crippen molar-refractivity contribution in [1.82, 2.24) is 14.9 Å². The number of nitrogens with zero attached hydrogens (tertiary/aromatic N) is 3. The Kier molecular flexibility index (Phi) is 5.55. The second-order valence-electron chi connectivity index (χ2n) is 6.59. The fourth-order valence-corrected chi connectivity index (χ4v) is 3.07. The number of benzene rings is 1. The summed E-state index contributed by atoms with van der Waals surface area (Å²) in [6.07, 6.45) is 0.110. The highest BCUT2D eigenvalue weighted by molar-refractivity contribution is 6.31. The first-order valence-corrected chi connectivity index (χ1v) is 8.87. The minimum Gasteiger partial charge on any atom is -0.339 e. The maximum atomic E-state index is 12.9. The van der Waals surface area contributed by atoms with Crippen LogP contribution in [0, 0.1) is 5.92 Å².